The summed E-state index contributed by atoms with van der Waals surface area (Å²) in [7, 11) is 1.77. The van der Waals surface area contributed by atoms with Crippen LogP contribution in [0.2, 0.25) is 0 Å². The molecule has 0 saturated heterocycles. The topological polar surface area (TPSA) is 54.0 Å². The molecule has 0 aromatic carbocycles. The number of amides is 1. The van der Waals surface area contributed by atoms with Crippen molar-refractivity contribution in [1.82, 2.24) is 10.3 Å². The summed E-state index contributed by atoms with van der Waals surface area (Å²) >= 11 is 3.36. The smallest absolute Gasteiger partial charge is 0.255 e. The van der Waals surface area contributed by atoms with Crippen molar-refractivity contribution >= 4 is 27.7 Å². The molecule has 2 N–H and O–H groups in total. The SMILES string of the molecule is CNc1ncc(Br)cc1C(=O)NC1CCCC(C)C1. The number of hydrogen-bond donors (Lipinski definition) is 2. The third-order valence-corrected chi connectivity index (χ3v) is 4.04. The van der Waals surface area contributed by atoms with Gasteiger partial charge in [-0.2, -0.15) is 0 Å². The molecule has 19 heavy (non-hydrogen) atoms. The fourth-order valence-electron chi connectivity index (χ4n) is 2.64. The highest BCUT2D eigenvalue weighted by atomic mass is 79.9. The van der Waals surface area contributed by atoms with Crippen LogP contribution in [-0.2, 0) is 0 Å². The number of carbonyl (C=O) groups excluding carboxylic acids is 1. The Bertz CT molecular complexity index is 464. The maximum absolute atomic E-state index is 12.3. The number of hydrogen-bond acceptors (Lipinski definition) is 3. The largest absolute Gasteiger partial charge is 0.372 e. The average Bonchev–Trinajstić information content (AvgIpc) is 2.38. The molecule has 1 fully saturated rings. The van der Waals surface area contributed by atoms with E-state index in [1.54, 1.807) is 19.3 Å². The summed E-state index contributed by atoms with van der Waals surface area (Å²) in [5.74, 6) is 1.27. The predicted octanol–water partition coefficient (Wildman–Crippen LogP) is 3.19. The summed E-state index contributed by atoms with van der Waals surface area (Å²) in [5, 5.41) is 6.08. The second-order valence-corrected chi connectivity index (χ2v) is 6.16. The first-order chi connectivity index (χ1) is 9.10. The van der Waals surface area contributed by atoms with E-state index in [0.717, 1.165) is 17.3 Å². The van der Waals surface area contributed by atoms with Gasteiger partial charge in [-0.05, 0) is 40.8 Å². The first kappa shape index (κ1) is 14.3. The molecule has 5 heteroatoms. The fourth-order valence-corrected chi connectivity index (χ4v) is 2.97. The molecule has 2 unspecified atom stereocenters. The average molecular weight is 326 g/mol. The van der Waals surface area contributed by atoms with Crippen LogP contribution in [0.5, 0.6) is 0 Å². The molecule has 4 nitrogen and oxygen atoms in total. The minimum absolute atomic E-state index is 0.0442. The number of aromatic nitrogens is 1. The first-order valence-corrected chi connectivity index (χ1v) is 7.53. The van der Waals surface area contributed by atoms with Crippen molar-refractivity contribution in [1.29, 1.82) is 0 Å². The Morgan fingerprint density at radius 1 is 1.47 bits per heavy atom. The van der Waals surface area contributed by atoms with E-state index in [1.807, 2.05) is 0 Å². The van der Waals surface area contributed by atoms with Gasteiger partial charge in [0, 0.05) is 23.8 Å². The minimum atomic E-state index is -0.0442. The molecule has 2 rings (SSSR count). The second-order valence-electron chi connectivity index (χ2n) is 5.24. The van der Waals surface area contributed by atoms with Gasteiger partial charge in [0.2, 0.25) is 0 Å². The van der Waals surface area contributed by atoms with Gasteiger partial charge in [-0.1, -0.05) is 19.8 Å². The molecular weight excluding hydrogens is 306 g/mol. The number of halogens is 1. The molecule has 1 aromatic heterocycles. The molecule has 0 bridgehead atoms. The van der Waals surface area contributed by atoms with Crippen molar-refractivity contribution in [2.75, 3.05) is 12.4 Å². The molecule has 1 saturated carbocycles. The van der Waals surface area contributed by atoms with Crippen LogP contribution in [0.1, 0.15) is 43.0 Å². The third kappa shape index (κ3) is 3.69. The molecule has 0 aliphatic heterocycles. The lowest BCUT2D eigenvalue weighted by Crippen LogP contribution is -2.38. The second kappa shape index (κ2) is 6.37. The molecule has 2 atom stereocenters. The van der Waals surface area contributed by atoms with Gasteiger partial charge in [0.05, 0.1) is 5.56 Å². The van der Waals surface area contributed by atoms with Crippen LogP contribution in [0.4, 0.5) is 5.82 Å². The van der Waals surface area contributed by atoms with Gasteiger partial charge in [-0.15, -0.1) is 0 Å². The van der Waals surface area contributed by atoms with Crippen molar-refractivity contribution in [2.24, 2.45) is 5.92 Å². The van der Waals surface area contributed by atoms with Crippen LogP contribution in [0.25, 0.3) is 0 Å². The highest BCUT2D eigenvalue weighted by Crippen LogP contribution is 2.24. The quantitative estimate of drug-likeness (QED) is 0.897. The Labute approximate surface area is 122 Å². The van der Waals surface area contributed by atoms with Crippen LogP contribution in [0.3, 0.4) is 0 Å². The monoisotopic (exact) mass is 325 g/mol. The number of carbonyl (C=O) groups is 1. The summed E-state index contributed by atoms with van der Waals surface area (Å²) in [6.07, 6.45) is 6.30. The van der Waals surface area contributed by atoms with Gasteiger partial charge in [-0.25, -0.2) is 4.98 Å². The molecule has 0 radical (unpaired) electrons. The van der Waals surface area contributed by atoms with E-state index >= 15 is 0 Å². The van der Waals surface area contributed by atoms with Crippen LogP contribution in [0, 0.1) is 5.92 Å². The van der Waals surface area contributed by atoms with E-state index in [0.29, 0.717) is 23.3 Å². The summed E-state index contributed by atoms with van der Waals surface area (Å²) in [5.41, 5.74) is 0.593. The van der Waals surface area contributed by atoms with Crippen LogP contribution in [-0.4, -0.2) is 24.0 Å². The van der Waals surface area contributed by atoms with E-state index < -0.39 is 0 Å². The molecule has 1 aliphatic rings. The number of nitrogens with zero attached hydrogens (tertiary/aromatic N) is 1. The lowest BCUT2D eigenvalue weighted by atomic mass is 9.87. The maximum Gasteiger partial charge on any atom is 0.255 e. The van der Waals surface area contributed by atoms with Gasteiger partial charge in [0.1, 0.15) is 5.82 Å². The standard InChI is InChI=1S/C14H20BrN3O/c1-9-4-3-5-11(6-9)18-14(19)12-7-10(15)8-17-13(12)16-2/h7-9,11H,3-6H2,1-2H3,(H,16,17)(H,18,19). The molecule has 0 spiro atoms. The fraction of sp³-hybridized carbons (Fsp3) is 0.571. The molecule has 1 heterocycles. The van der Waals surface area contributed by atoms with Gasteiger partial charge in [0.25, 0.3) is 5.91 Å². The number of pyridine rings is 1. The zero-order chi connectivity index (χ0) is 13.8. The number of rotatable bonds is 3. The zero-order valence-corrected chi connectivity index (χ0v) is 13.0. The Kier molecular flexibility index (Phi) is 4.80. The van der Waals surface area contributed by atoms with Gasteiger partial charge >= 0.3 is 0 Å². The lowest BCUT2D eigenvalue weighted by Gasteiger charge is -2.27. The number of nitrogens with one attached hydrogen (secondary N) is 2. The highest BCUT2D eigenvalue weighted by Gasteiger charge is 2.22. The summed E-state index contributed by atoms with van der Waals surface area (Å²) < 4.78 is 0.814. The van der Waals surface area contributed by atoms with Crippen LogP contribution >= 0.6 is 15.9 Å². The van der Waals surface area contributed by atoms with E-state index in [4.69, 9.17) is 0 Å². The Morgan fingerprint density at radius 2 is 2.26 bits per heavy atom. The van der Waals surface area contributed by atoms with Gasteiger partial charge < -0.3 is 10.6 Å². The molecular formula is C14H20BrN3O. The van der Waals surface area contributed by atoms with Crippen molar-refractivity contribution in [3.05, 3.63) is 22.3 Å². The van der Waals surface area contributed by atoms with E-state index in [1.165, 1.54) is 12.8 Å². The molecule has 1 aliphatic carbocycles. The Hall–Kier alpha value is -1.10. The highest BCUT2D eigenvalue weighted by molar-refractivity contribution is 9.10. The van der Waals surface area contributed by atoms with Gasteiger partial charge in [-0.3, -0.25) is 4.79 Å². The van der Waals surface area contributed by atoms with E-state index in [9.17, 15) is 4.79 Å². The normalized spacial score (nSPS) is 22.9. The zero-order valence-electron chi connectivity index (χ0n) is 11.4. The summed E-state index contributed by atoms with van der Waals surface area (Å²) in [6, 6.07) is 2.10. The Morgan fingerprint density at radius 3 is 2.95 bits per heavy atom. The van der Waals surface area contributed by atoms with Crippen molar-refractivity contribution < 1.29 is 4.79 Å². The summed E-state index contributed by atoms with van der Waals surface area (Å²) in [6.45, 7) is 2.25. The van der Waals surface area contributed by atoms with Gasteiger partial charge in [0.15, 0.2) is 0 Å². The van der Waals surface area contributed by atoms with Crippen LogP contribution < -0.4 is 10.6 Å². The molecule has 1 aromatic rings. The summed E-state index contributed by atoms with van der Waals surface area (Å²) in [4.78, 5) is 16.5. The van der Waals surface area contributed by atoms with Crippen molar-refractivity contribution in [2.45, 2.75) is 38.6 Å². The maximum atomic E-state index is 12.3. The third-order valence-electron chi connectivity index (χ3n) is 3.61. The first-order valence-electron chi connectivity index (χ1n) is 6.74. The van der Waals surface area contributed by atoms with E-state index in [-0.39, 0.29) is 5.91 Å². The molecule has 1 amide bonds. The predicted molar refractivity (Wildman–Crippen MR) is 80.4 cm³/mol. The molecule has 104 valence electrons. The number of anilines is 1. The van der Waals surface area contributed by atoms with Crippen molar-refractivity contribution in [3.8, 4) is 0 Å². The Balaban J connectivity index is 2.09. The van der Waals surface area contributed by atoms with Crippen molar-refractivity contribution in [3.63, 3.8) is 0 Å². The van der Waals surface area contributed by atoms with Crippen LogP contribution in [0.15, 0.2) is 16.7 Å². The van der Waals surface area contributed by atoms with E-state index in [2.05, 4.69) is 38.5 Å². The lowest BCUT2D eigenvalue weighted by molar-refractivity contribution is 0.0922. The minimum Gasteiger partial charge on any atom is -0.372 e.